The molecule has 0 amide bonds. The van der Waals surface area contributed by atoms with Crippen LogP contribution in [0.4, 0.5) is 13.2 Å². The van der Waals surface area contributed by atoms with Gasteiger partial charge in [0.25, 0.3) is 0 Å². The van der Waals surface area contributed by atoms with Crippen molar-refractivity contribution in [1.82, 2.24) is 9.13 Å². The van der Waals surface area contributed by atoms with Crippen molar-refractivity contribution in [3.05, 3.63) is 34.2 Å². The summed E-state index contributed by atoms with van der Waals surface area (Å²) in [5.41, 5.74) is -0.321. The smallest absolute Gasteiger partial charge is 0.295 e. The zero-order valence-corrected chi connectivity index (χ0v) is 8.67. The van der Waals surface area contributed by atoms with E-state index in [4.69, 9.17) is 0 Å². The number of benzene rings is 1. The summed E-state index contributed by atoms with van der Waals surface area (Å²) in [7, 11) is 2.97. The number of imidazole rings is 1. The molecule has 0 atom stereocenters. The molecule has 0 fully saturated rings. The molecule has 0 N–H and O–H groups in total. The molecule has 0 bridgehead atoms. The summed E-state index contributed by atoms with van der Waals surface area (Å²) < 4.78 is 39.9. The summed E-state index contributed by atoms with van der Waals surface area (Å²) in [6.07, 6.45) is -4.39. The first-order valence-electron chi connectivity index (χ1n) is 4.55. The summed E-state index contributed by atoms with van der Waals surface area (Å²) in [5.74, 6) is 0. The molecule has 0 aliphatic heterocycles. The number of alkyl halides is 3. The fourth-order valence-corrected chi connectivity index (χ4v) is 1.68. The number of hydrogen-bond donors (Lipinski definition) is 0. The molecule has 86 valence electrons. The van der Waals surface area contributed by atoms with E-state index < -0.39 is 11.7 Å². The summed E-state index contributed by atoms with van der Waals surface area (Å²) in [6.45, 7) is 0. The molecule has 0 saturated heterocycles. The highest BCUT2D eigenvalue weighted by Crippen LogP contribution is 2.30. The van der Waals surface area contributed by atoms with Gasteiger partial charge in [-0.3, -0.25) is 9.13 Å². The number of nitrogens with zero attached hydrogens (tertiary/aromatic N) is 2. The minimum absolute atomic E-state index is 0.280. The molecule has 0 saturated carbocycles. The van der Waals surface area contributed by atoms with E-state index >= 15 is 0 Å². The van der Waals surface area contributed by atoms with Gasteiger partial charge in [0.2, 0.25) is 0 Å². The predicted molar refractivity (Wildman–Crippen MR) is 53.2 cm³/mol. The van der Waals surface area contributed by atoms with Gasteiger partial charge in [-0.15, -0.1) is 0 Å². The Kier molecular flexibility index (Phi) is 2.11. The first kappa shape index (κ1) is 10.8. The lowest BCUT2D eigenvalue weighted by Crippen LogP contribution is -2.19. The fraction of sp³-hybridized carbons (Fsp3) is 0.300. The molecule has 1 aromatic heterocycles. The van der Waals surface area contributed by atoms with Gasteiger partial charge in [-0.1, -0.05) is 0 Å². The minimum Gasteiger partial charge on any atom is -0.295 e. The summed E-state index contributed by atoms with van der Waals surface area (Å²) in [5, 5.41) is 0. The van der Waals surface area contributed by atoms with Gasteiger partial charge in [-0.2, -0.15) is 13.2 Å². The van der Waals surface area contributed by atoms with Gasteiger partial charge in [-0.05, 0) is 18.2 Å². The highest BCUT2D eigenvalue weighted by atomic mass is 19.4. The van der Waals surface area contributed by atoms with Crippen molar-refractivity contribution in [2.75, 3.05) is 0 Å². The van der Waals surface area contributed by atoms with E-state index in [1.807, 2.05) is 0 Å². The summed E-state index contributed by atoms with van der Waals surface area (Å²) in [6, 6.07) is 3.26. The molecule has 0 unspecified atom stereocenters. The molecule has 3 nitrogen and oxygen atoms in total. The van der Waals surface area contributed by atoms with Gasteiger partial charge in [0, 0.05) is 14.1 Å². The Hall–Kier alpha value is -1.72. The molecule has 1 heterocycles. The lowest BCUT2D eigenvalue weighted by Gasteiger charge is -2.06. The number of halogens is 3. The van der Waals surface area contributed by atoms with Crippen molar-refractivity contribution < 1.29 is 13.2 Å². The van der Waals surface area contributed by atoms with E-state index in [2.05, 4.69) is 0 Å². The van der Waals surface area contributed by atoms with Crippen LogP contribution < -0.4 is 5.69 Å². The first-order chi connectivity index (χ1) is 7.32. The molecule has 0 radical (unpaired) electrons. The van der Waals surface area contributed by atoms with Crippen LogP contribution in [0.25, 0.3) is 11.0 Å². The molecule has 0 aliphatic rings. The Morgan fingerprint density at radius 2 is 1.62 bits per heavy atom. The number of aryl methyl sites for hydroxylation is 2. The molecule has 16 heavy (non-hydrogen) atoms. The van der Waals surface area contributed by atoms with Crippen molar-refractivity contribution in [1.29, 1.82) is 0 Å². The van der Waals surface area contributed by atoms with Crippen LogP contribution in [0.2, 0.25) is 0 Å². The molecule has 2 rings (SSSR count). The molecule has 0 spiro atoms. The predicted octanol–water partition coefficient (Wildman–Crippen LogP) is 1.90. The first-order valence-corrected chi connectivity index (χ1v) is 4.55. The topological polar surface area (TPSA) is 26.9 Å². The molecule has 2 aromatic rings. The molecular formula is C10H9F3N2O. The minimum atomic E-state index is -4.39. The van der Waals surface area contributed by atoms with Crippen LogP contribution in [0.3, 0.4) is 0 Å². The van der Waals surface area contributed by atoms with Crippen molar-refractivity contribution in [2.45, 2.75) is 6.18 Å². The average Bonchev–Trinajstić information content (AvgIpc) is 2.43. The van der Waals surface area contributed by atoms with E-state index in [1.165, 1.54) is 29.3 Å². The Morgan fingerprint density at radius 3 is 2.19 bits per heavy atom. The largest absolute Gasteiger partial charge is 0.416 e. The summed E-state index contributed by atoms with van der Waals surface area (Å²) in [4.78, 5) is 11.5. The quantitative estimate of drug-likeness (QED) is 0.679. The van der Waals surface area contributed by atoms with Crippen molar-refractivity contribution >= 4 is 11.0 Å². The number of aromatic nitrogens is 2. The Balaban J connectivity index is 2.82. The Bertz CT molecular complexity index is 607. The van der Waals surface area contributed by atoms with Crippen molar-refractivity contribution in [3.63, 3.8) is 0 Å². The van der Waals surface area contributed by atoms with Crippen LogP contribution in [0.15, 0.2) is 23.0 Å². The SMILES string of the molecule is Cn1c(=O)n(C)c2cc(C(F)(F)F)ccc21. The van der Waals surface area contributed by atoms with E-state index in [0.717, 1.165) is 12.1 Å². The van der Waals surface area contributed by atoms with Gasteiger partial charge in [0.05, 0.1) is 16.6 Å². The zero-order chi connectivity index (χ0) is 12.1. The molecule has 6 heteroatoms. The second-order valence-electron chi connectivity index (χ2n) is 3.60. The van der Waals surface area contributed by atoms with Gasteiger partial charge in [0.15, 0.2) is 0 Å². The van der Waals surface area contributed by atoms with Gasteiger partial charge in [0.1, 0.15) is 0 Å². The standard InChI is InChI=1S/C10H9F3N2O/c1-14-7-4-3-6(10(11,12)13)5-8(7)15(2)9(14)16/h3-5H,1-2H3. The van der Waals surface area contributed by atoms with E-state index in [9.17, 15) is 18.0 Å². The maximum Gasteiger partial charge on any atom is 0.416 e. The molecular weight excluding hydrogens is 221 g/mol. The average molecular weight is 230 g/mol. The van der Waals surface area contributed by atoms with E-state index in [1.54, 1.807) is 0 Å². The lowest BCUT2D eigenvalue weighted by molar-refractivity contribution is -0.137. The second-order valence-corrected chi connectivity index (χ2v) is 3.60. The third kappa shape index (κ3) is 1.41. The van der Waals surface area contributed by atoms with Crippen LogP contribution in [-0.4, -0.2) is 9.13 Å². The van der Waals surface area contributed by atoms with Crippen molar-refractivity contribution in [2.24, 2.45) is 14.1 Å². The van der Waals surface area contributed by atoms with Crippen molar-refractivity contribution in [3.8, 4) is 0 Å². The maximum atomic E-state index is 12.5. The van der Waals surface area contributed by atoms with Crippen LogP contribution in [0.1, 0.15) is 5.56 Å². The monoisotopic (exact) mass is 230 g/mol. The Labute approximate surface area is 88.7 Å². The highest BCUT2D eigenvalue weighted by molar-refractivity contribution is 5.77. The van der Waals surface area contributed by atoms with Crippen LogP contribution in [0.5, 0.6) is 0 Å². The van der Waals surface area contributed by atoms with E-state index in [-0.39, 0.29) is 11.2 Å². The second kappa shape index (κ2) is 3.13. The normalized spacial score (nSPS) is 12.3. The fourth-order valence-electron chi connectivity index (χ4n) is 1.68. The van der Waals surface area contributed by atoms with Gasteiger partial charge < -0.3 is 0 Å². The maximum absolute atomic E-state index is 12.5. The molecule has 1 aromatic carbocycles. The molecule has 0 aliphatic carbocycles. The summed E-state index contributed by atoms with van der Waals surface area (Å²) >= 11 is 0. The Morgan fingerprint density at radius 1 is 1.06 bits per heavy atom. The van der Waals surface area contributed by atoms with Gasteiger partial charge in [-0.25, -0.2) is 4.79 Å². The van der Waals surface area contributed by atoms with Crippen LogP contribution in [0, 0.1) is 0 Å². The number of rotatable bonds is 0. The number of hydrogen-bond acceptors (Lipinski definition) is 1. The van der Waals surface area contributed by atoms with Crippen LogP contribution in [-0.2, 0) is 20.3 Å². The third-order valence-corrected chi connectivity index (χ3v) is 2.60. The van der Waals surface area contributed by atoms with Gasteiger partial charge >= 0.3 is 11.9 Å². The van der Waals surface area contributed by atoms with E-state index in [0.29, 0.717) is 5.52 Å². The lowest BCUT2D eigenvalue weighted by atomic mass is 10.2. The zero-order valence-electron chi connectivity index (χ0n) is 8.67. The third-order valence-electron chi connectivity index (χ3n) is 2.60. The number of fused-ring (bicyclic) bond motifs is 1. The highest BCUT2D eigenvalue weighted by Gasteiger charge is 2.31. The van der Waals surface area contributed by atoms with Crippen LogP contribution >= 0.6 is 0 Å².